The molecule has 1 aromatic carbocycles. The number of pyridine rings is 1. The maximum atomic E-state index is 5.46. The van der Waals surface area contributed by atoms with Crippen molar-refractivity contribution >= 4 is 24.1 Å². The zero-order valence-corrected chi connectivity index (χ0v) is 15.6. The minimum absolute atomic E-state index is 0. The number of aromatic nitrogens is 1. The molecule has 0 aliphatic heterocycles. The van der Waals surface area contributed by atoms with Crippen molar-refractivity contribution in [2.75, 3.05) is 0 Å². The van der Waals surface area contributed by atoms with E-state index in [9.17, 15) is 0 Å². The largest absolute Gasteiger partial charge is 0.369 e. The second-order valence-corrected chi connectivity index (χ2v) is 6.49. The molecular formula is C19H24ClN5. The van der Waals surface area contributed by atoms with E-state index in [1.165, 1.54) is 16.7 Å². The van der Waals surface area contributed by atoms with Gasteiger partial charge in [-0.05, 0) is 62.3 Å². The van der Waals surface area contributed by atoms with Crippen LogP contribution in [-0.4, -0.2) is 16.7 Å². The number of rotatable bonds is 2. The first-order chi connectivity index (χ1) is 11.5. The highest BCUT2D eigenvalue weighted by molar-refractivity contribution is 6.04. The van der Waals surface area contributed by atoms with Gasteiger partial charge >= 0.3 is 0 Å². The Labute approximate surface area is 154 Å². The van der Waals surface area contributed by atoms with Crippen molar-refractivity contribution in [2.24, 2.45) is 21.7 Å². The van der Waals surface area contributed by atoms with E-state index < -0.39 is 0 Å². The molecule has 2 aromatic rings. The average molecular weight is 358 g/mol. The Kier molecular flexibility index (Phi) is 5.80. The van der Waals surface area contributed by atoms with Gasteiger partial charge in [0.05, 0.1) is 11.4 Å². The summed E-state index contributed by atoms with van der Waals surface area (Å²) in [5.41, 5.74) is 19.0. The summed E-state index contributed by atoms with van der Waals surface area (Å²) < 4.78 is 0. The van der Waals surface area contributed by atoms with Gasteiger partial charge in [0.25, 0.3) is 0 Å². The molecule has 6 heteroatoms. The molecule has 5 nitrogen and oxygen atoms in total. The van der Waals surface area contributed by atoms with Gasteiger partial charge < -0.3 is 11.5 Å². The molecule has 0 fully saturated rings. The standard InChI is InChI=1S/C19H23N5.ClH/c1-11-4-5-12(2)15(8-11)14-9-16-18(13(3)6-7-22-16)17(10-14)23-24-19(20)21;/h4-8,14H,9-10H2,1-3H3,(H4,20,21,24);1H. The number of guanidine groups is 1. The van der Waals surface area contributed by atoms with Crippen LogP contribution in [0.1, 0.15) is 45.8 Å². The fraction of sp³-hybridized carbons (Fsp3) is 0.316. The van der Waals surface area contributed by atoms with Gasteiger partial charge in [-0.3, -0.25) is 4.98 Å². The van der Waals surface area contributed by atoms with E-state index in [1.54, 1.807) is 0 Å². The normalized spacial score (nSPS) is 17.6. The number of nitrogens with zero attached hydrogens (tertiary/aromatic N) is 3. The van der Waals surface area contributed by atoms with Gasteiger partial charge in [-0.15, -0.1) is 17.5 Å². The molecule has 3 rings (SSSR count). The Morgan fingerprint density at radius 3 is 2.56 bits per heavy atom. The number of benzene rings is 1. The third-order valence-electron chi connectivity index (χ3n) is 4.57. The maximum Gasteiger partial charge on any atom is 0.211 e. The van der Waals surface area contributed by atoms with E-state index in [4.69, 9.17) is 11.5 Å². The molecule has 0 saturated carbocycles. The highest BCUT2D eigenvalue weighted by Crippen LogP contribution is 2.35. The molecule has 1 aliphatic carbocycles. The molecule has 1 unspecified atom stereocenters. The van der Waals surface area contributed by atoms with Crippen LogP contribution in [0.4, 0.5) is 0 Å². The van der Waals surface area contributed by atoms with Crippen molar-refractivity contribution in [1.29, 1.82) is 0 Å². The van der Waals surface area contributed by atoms with E-state index >= 15 is 0 Å². The van der Waals surface area contributed by atoms with Gasteiger partial charge in [-0.1, -0.05) is 23.8 Å². The van der Waals surface area contributed by atoms with Crippen LogP contribution in [0.2, 0.25) is 0 Å². The highest BCUT2D eigenvalue weighted by atomic mass is 35.5. The van der Waals surface area contributed by atoms with Crippen molar-refractivity contribution in [1.82, 2.24) is 4.98 Å². The van der Waals surface area contributed by atoms with Crippen LogP contribution in [-0.2, 0) is 6.42 Å². The Morgan fingerprint density at radius 2 is 1.84 bits per heavy atom. The Hall–Kier alpha value is -2.40. The van der Waals surface area contributed by atoms with Gasteiger partial charge in [-0.25, -0.2) is 0 Å². The first-order valence-corrected chi connectivity index (χ1v) is 8.13. The molecule has 132 valence electrons. The summed E-state index contributed by atoms with van der Waals surface area (Å²) in [4.78, 5) is 4.59. The van der Waals surface area contributed by atoms with Gasteiger partial charge in [0.2, 0.25) is 5.96 Å². The second kappa shape index (κ2) is 7.66. The molecule has 4 N–H and O–H groups in total. The highest BCUT2D eigenvalue weighted by Gasteiger charge is 2.28. The van der Waals surface area contributed by atoms with Gasteiger partial charge in [0.1, 0.15) is 0 Å². The summed E-state index contributed by atoms with van der Waals surface area (Å²) >= 11 is 0. The van der Waals surface area contributed by atoms with Crippen LogP contribution in [0.25, 0.3) is 0 Å². The maximum absolute atomic E-state index is 5.46. The van der Waals surface area contributed by atoms with Crippen LogP contribution in [0.15, 0.2) is 40.7 Å². The lowest BCUT2D eigenvalue weighted by atomic mass is 9.78. The van der Waals surface area contributed by atoms with Gasteiger partial charge in [-0.2, -0.15) is 5.10 Å². The molecule has 0 spiro atoms. The number of nitrogens with two attached hydrogens (primary N) is 2. The Bertz CT molecular complexity index is 838. The zero-order chi connectivity index (χ0) is 17.3. The summed E-state index contributed by atoms with van der Waals surface area (Å²) in [7, 11) is 0. The fourth-order valence-corrected chi connectivity index (χ4v) is 3.43. The molecule has 0 saturated heterocycles. The van der Waals surface area contributed by atoms with Crippen LogP contribution in [0.5, 0.6) is 0 Å². The molecular weight excluding hydrogens is 334 g/mol. The summed E-state index contributed by atoms with van der Waals surface area (Å²) in [6.45, 7) is 6.35. The van der Waals surface area contributed by atoms with Gasteiger partial charge in [0.15, 0.2) is 0 Å². The van der Waals surface area contributed by atoms with Crippen LogP contribution >= 0.6 is 12.4 Å². The molecule has 1 heterocycles. The molecule has 1 aliphatic rings. The first kappa shape index (κ1) is 18.9. The minimum atomic E-state index is -0.0283. The lowest BCUT2D eigenvalue weighted by molar-refractivity contribution is 0.672. The van der Waals surface area contributed by atoms with Crippen LogP contribution < -0.4 is 11.5 Å². The third-order valence-corrected chi connectivity index (χ3v) is 4.57. The molecule has 25 heavy (non-hydrogen) atoms. The van der Waals surface area contributed by atoms with E-state index in [0.717, 1.165) is 35.4 Å². The Morgan fingerprint density at radius 1 is 1.08 bits per heavy atom. The van der Waals surface area contributed by atoms with Gasteiger partial charge in [0, 0.05) is 11.8 Å². The summed E-state index contributed by atoms with van der Waals surface area (Å²) in [6.07, 6.45) is 3.57. The molecule has 1 aromatic heterocycles. The van der Waals surface area contributed by atoms with E-state index in [-0.39, 0.29) is 18.4 Å². The van der Waals surface area contributed by atoms with Crippen molar-refractivity contribution < 1.29 is 0 Å². The third kappa shape index (κ3) is 3.99. The number of halogens is 1. The zero-order valence-electron chi connectivity index (χ0n) is 14.8. The number of aryl methyl sites for hydroxylation is 3. The van der Waals surface area contributed by atoms with E-state index in [2.05, 4.69) is 54.2 Å². The van der Waals surface area contributed by atoms with Crippen molar-refractivity contribution in [3.63, 3.8) is 0 Å². The van der Waals surface area contributed by atoms with E-state index in [1.807, 2.05) is 12.3 Å². The molecule has 0 bridgehead atoms. The van der Waals surface area contributed by atoms with Crippen LogP contribution in [0.3, 0.4) is 0 Å². The second-order valence-electron chi connectivity index (χ2n) is 6.49. The average Bonchev–Trinajstić information content (AvgIpc) is 2.54. The smallest absolute Gasteiger partial charge is 0.211 e. The number of hydrogen-bond acceptors (Lipinski definition) is 3. The van der Waals surface area contributed by atoms with Crippen LogP contribution in [0, 0.1) is 20.8 Å². The number of hydrogen-bond donors (Lipinski definition) is 2. The summed E-state index contributed by atoms with van der Waals surface area (Å²) in [5.74, 6) is 0.305. The topological polar surface area (TPSA) is 89.6 Å². The predicted octanol–water partition coefficient (Wildman–Crippen LogP) is 3.14. The minimum Gasteiger partial charge on any atom is -0.369 e. The molecule has 0 radical (unpaired) electrons. The monoisotopic (exact) mass is 357 g/mol. The summed E-state index contributed by atoms with van der Waals surface area (Å²) in [6, 6.07) is 8.59. The number of fused-ring (bicyclic) bond motifs is 1. The van der Waals surface area contributed by atoms with E-state index in [0.29, 0.717) is 5.92 Å². The fourth-order valence-electron chi connectivity index (χ4n) is 3.43. The molecule has 1 atom stereocenters. The van der Waals surface area contributed by atoms with Crippen molar-refractivity contribution in [3.05, 3.63) is 64.0 Å². The lowest BCUT2D eigenvalue weighted by Crippen LogP contribution is -2.24. The SMILES string of the molecule is Cc1ccc(C)c(C2CC(=NN=C(N)N)c3c(C)ccnc3C2)c1.Cl. The quantitative estimate of drug-likeness (QED) is 0.491. The van der Waals surface area contributed by atoms with Crippen molar-refractivity contribution in [3.8, 4) is 0 Å². The first-order valence-electron chi connectivity index (χ1n) is 8.13. The predicted molar refractivity (Wildman–Crippen MR) is 106 cm³/mol. The summed E-state index contributed by atoms with van der Waals surface area (Å²) in [5, 5.41) is 8.22. The molecule has 0 amide bonds. The lowest BCUT2D eigenvalue weighted by Gasteiger charge is -2.27. The Balaban J connectivity index is 0.00000225. The van der Waals surface area contributed by atoms with Crippen molar-refractivity contribution in [2.45, 2.75) is 39.5 Å².